The zero-order chi connectivity index (χ0) is 20.8. The smallest absolute Gasteiger partial charge is 0.223 e. The minimum absolute atomic E-state index is 0.315. The molecule has 0 unspecified atom stereocenters. The van der Waals surface area contributed by atoms with Crippen LogP contribution >= 0.6 is 0 Å². The van der Waals surface area contributed by atoms with Crippen molar-refractivity contribution >= 4 is 16.9 Å². The molecular formula is C23H30FN5. The van der Waals surface area contributed by atoms with Crippen molar-refractivity contribution in [2.24, 2.45) is 0 Å². The third kappa shape index (κ3) is 5.48. The van der Waals surface area contributed by atoms with E-state index in [1.54, 1.807) is 6.07 Å². The Bertz CT molecular complexity index is 955. The van der Waals surface area contributed by atoms with E-state index in [4.69, 9.17) is 0 Å². The van der Waals surface area contributed by atoms with Crippen LogP contribution in [0.2, 0.25) is 0 Å². The number of rotatable bonds is 9. The van der Waals surface area contributed by atoms with Crippen molar-refractivity contribution in [3.63, 3.8) is 0 Å². The van der Waals surface area contributed by atoms with Gasteiger partial charge in [-0.3, -0.25) is 0 Å². The summed E-state index contributed by atoms with van der Waals surface area (Å²) >= 11 is 0. The fourth-order valence-corrected chi connectivity index (χ4v) is 3.56. The Kier molecular flexibility index (Phi) is 7.09. The van der Waals surface area contributed by atoms with Crippen LogP contribution in [0.5, 0.6) is 0 Å². The van der Waals surface area contributed by atoms with Crippen molar-refractivity contribution in [1.29, 1.82) is 0 Å². The average Bonchev–Trinajstić information content (AvgIpc) is 2.71. The van der Waals surface area contributed by atoms with Gasteiger partial charge in [0.05, 0.1) is 5.52 Å². The molecule has 29 heavy (non-hydrogen) atoms. The van der Waals surface area contributed by atoms with E-state index < -0.39 is 5.95 Å². The number of anilines is 1. The largest absolute Gasteiger partial charge is 0.352 e. The number of fused-ring (bicyclic) bond motifs is 1. The first kappa shape index (κ1) is 21.1. The van der Waals surface area contributed by atoms with Gasteiger partial charge in [-0.05, 0) is 76.2 Å². The topological polar surface area (TPSA) is 53.9 Å². The molecule has 0 amide bonds. The summed E-state index contributed by atoms with van der Waals surface area (Å²) < 4.78 is 13.3. The minimum Gasteiger partial charge on any atom is -0.352 e. The second-order valence-electron chi connectivity index (χ2n) is 7.45. The first-order valence-corrected chi connectivity index (χ1v) is 10.4. The lowest BCUT2D eigenvalue weighted by atomic mass is 10.0. The molecule has 3 rings (SSSR count). The lowest BCUT2D eigenvalue weighted by molar-refractivity contribution is 0.295. The van der Waals surface area contributed by atoms with E-state index in [2.05, 4.69) is 45.9 Å². The number of hydrogen-bond acceptors (Lipinski definition) is 5. The van der Waals surface area contributed by atoms with Gasteiger partial charge in [0.25, 0.3) is 0 Å². The Balaban J connectivity index is 1.67. The van der Waals surface area contributed by atoms with E-state index in [9.17, 15) is 4.39 Å². The van der Waals surface area contributed by atoms with Crippen LogP contribution in [0.25, 0.3) is 22.0 Å². The molecule has 2 aromatic heterocycles. The lowest BCUT2D eigenvalue weighted by Gasteiger charge is -2.19. The molecule has 0 aliphatic rings. The van der Waals surface area contributed by atoms with E-state index >= 15 is 0 Å². The van der Waals surface area contributed by atoms with Crippen LogP contribution in [0.1, 0.15) is 39.3 Å². The number of nitrogens with zero attached hydrogens (tertiary/aromatic N) is 4. The highest BCUT2D eigenvalue weighted by molar-refractivity contribution is 5.84. The van der Waals surface area contributed by atoms with Gasteiger partial charge >= 0.3 is 0 Å². The lowest BCUT2D eigenvalue weighted by Crippen LogP contribution is -2.25. The fourth-order valence-electron chi connectivity index (χ4n) is 3.56. The van der Waals surface area contributed by atoms with Crippen molar-refractivity contribution in [1.82, 2.24) is 19.9 Å². The molecule has 1 atom stereocenters. The Morgan fingerprint density at radius 1 is 1.10 bits per heavy atom. The molecule has 1 N–H and O–H groups in total. The molecule has 0 aliphatic carbocycles. The number of hydrogen-bond donors (Lipinski definition) is 1. The zero-order valence-electron chi connectivity index (χ0n) is 17.7. The van der Waals surface area contributed by atoms with Crippen LogP contribution < -0.4 is 5.32 Å². The van der Waals surface area contributed by atoms with E-state index in [1.807, 2.05) is 31.3 Å². The third-order valence-corrected chi connectivity index (χ3v) is 5.32. The number of benzene rings is 1. The highest BCUT2D eigenvalue weighted by Gasteiger charge is 2.09. The van der Waals surface area contributed by atoms with Gasteiger partial charge < -0.3 is 10.2 Å². The normalized spacial score (nSPS) is 12.5. The maximum absolute atomic E-state index is 13.3. The van der Waals surface area contributed by atoms with E-state index in [1.165, 1.54) is 6.07 Å². The molecule has 154 valence electrons. The van der Waals surface area contributed by atoms with Gasteiger partial charge in [-0.25, -0.2) is 15.0 Å². The van der Waals surface area contributed by atoms with Gasteiger partial charge in [0.1, 0.15) is 0 Å². The molecule has 0 fully saturated rings. The zero-order valence-corrected chi connectivity index (χ0v) is 17.7. The Hall–Kier alpha value is -2.60. The van der Waals surface area contributed by atoms with Crippen molar-refractivity contribution in [3.05, 3.63) is 48.2 Å². The highest BCUT2D eigenvalue weighted by atomic mass is 19.1. The molecule has 0 spiro atoms. The summed E-state index contributed by atoms with van der Waals surface area (Å²) in [5.74, 6) is 0.192. The SMILES string of the molecule is CCN(CC)CCC[C@H](C)Nc1ncc2cc(-c3ccc(F)nc3C)ccc2n1. The second kappa shape index (κ2) is 9.74. The van der Waals surface area contributed by atoms with Gasteiger partial charge in [-0.15, -0.1) is 0 Å². The predicted molar refractivity (Wildman–Crippen MR) is 118 cm³/mol. The summed E-state index contributed by atoms with van der Waals surface area (Å²) in [4.78, 5) is 15.5. The fraction of sp³-hybridized carbons (Fsp3) is 0.435. The first-order chi connectivity index (χ1) is 14.0. The number of pyridine rings is 1. The Morgan fingerprint density at radius 3 is 2.62 bits per heavy atom. The van der Waals surface area contributed by atoms with Gasteiger partial charge in [-0.2, -0.15) is 4.39 Å². The van der Waals surface area contributed by atoms with Crippen LogP contribution in [0.3, 0.4) is 0 Å². The number of aromatic nitrogens is 3. The van der Waals surface area contributed by atoms with Gasteiger partial charge in [0, 0.05) is 28.9 Å². The van der Waals surface area contributed by atoms with Crippen molar-refractivity contribution in [2.45, 2.75) is 46.6 Å². The van der Waals surface area contributed by atoms with Gasteiger partial charge in [0.2, 0.25) is 11.9 Å². The standard InChI is InChI=1S/C23H30FN5/c1-5-29(6-2)13-7-8-16(3)26-23-25-15-19-14-18(9-11-21(19)28-23)20-10-12-22(24)27-17(20)4/h9-12,14-16H,5-8,13H2,1-4H3,(H,25,26,28)/t16-/m0/s1. The molecule has 0 bridgehead atoms. The van der Waals surface area contributed by atoms with Crippen LogP contribution in [-0.4, -0.2) is 45.5 Å². The maximum Gasteiger partial charge on any atom is 0.223 e. The summed E-state index contributed by atoms with van der Waals surface area (Å²) in [6, 6.07) is 9.46. The molecule has 0 radical (unpaired) electrons. The summed E-state index contributed by atoms with van der Waals surface area (Å²) in [6.45, 7) is 11.7. The molecule has 0 saturated carbocycles. The van der Waals surface area contributed by atoms with Crippen LogP contribution in [-0.2, 0) is 0 Å². The maximum atomic E-state index is 13.3. The summed E-state index contributed by atoms with van der Waals surface area (Å²) in [7, 11) is 0. The first-order valence-electron chi connectivity index (χ1n) is 10.4. The average molecular weight is 396 g/mol. The van der Waals surface area contributed by atoms with Gasteiger partial charge in [-0.1, -0.05) is 19.9 Å². The summed E-state index contributed by atoms with van der Waals surface area (Å²) in [5.41, 5.74) is 3.45. The Morgan fingerprint density at radius 2 is 1.90 bits per heavy atom. The molecular weight excluding hydrogens is 365 g/mol. The monoisotopic (exact) mass is 395 g/mol. The van der Waals surface area contributed by atoms with Crippen molar-refractivity contribution in [3.8, 4) is 11.1 Å². The van der Waals surface area contributed by atoms with E-state index in [0.717, 1.165) is 54.5 Å². The van der Waals surface area contributed by atoms with Crippen LogP contribution in [0.4, 0.5) is 10.3 Å². The summed E-state index contributed by atoms with van der Waals surface area (Å²) in [6.07, 6.45) is 4.06. The van der Waals surface area contributed by atoms with Crippen LogP contribution in [0.15, 0.2) is 36.5 Å². The number of aryl methyl sites for hydroxylation is 1. The third-order valence-electron chi connectivity index (χ3n) is 5.32. The number of halogens is 1. The molecule has 2 heterocycles. The van der Waals surface area contributed by atoms with Crippen LogP contribution in [0, 0.1) is 12.9 Å². The second-order valence-corrected chi connectivity index (χ2v) is 7.45. The molecule has 0 aliphatic heterocycles. The van der Waals surface area contributed by atoms with Gasteiger partial charge in [0.15, 0.2) is 0 Å². The highest BCUT2D eigenvalue weighted by Crippen LogP contribution is 2.26. The quantitative estimate of drug-likeness (QED) is 0.513. The molecule has 6 heteroatoms. The van der Waals surface area contributed by atoms with Crippen molar-refractivity contribution < 1.29 is 4.39 Å². The minimum atomic E-state index is -0.461. The summed E-state index contributed by atoms with van der Waals surface area (Å²) in [5, 5.41) is 4.36. The molecule has 0 saturated heterocycles. The number of nitrogens with one attached hydrogen (secondary N) is 1. The molecule has 1 aromatic carbocycles. The van der Waals surface area contributed by atoms with Crippen molar-refractivity contribution in [2.75, 3.05) is 25.0 Å². The van der Waals surface area contributed by atoms with E-state index in [-0.39, 0.29) is 0 Å². The predicted octanol–water partition coefficient (Wildman–Crippen LogP) is 5.06. The molecule has 3 aromatic rings. The van der Waals surface area contributed by atoms with E-state index in [0.29, 0.717) is 17.7 Å². The Labute approximate surface area is 172 Å². The molecule has 5 nitrogen and oxygen atoms in total.